The van der Waals surface area contributed by atoms with Gasteiger partial charge in [-0.05, 0) is 55.0 Å². The molecular formula is C23H30N2O3. The van der Waals surface area contributed by atoms with Gasteiger partial charge in [-0.1, -0.05) is 30.3 Å². The number of amides is 1. The SMILES string of the molecule is COc1ccc(OCCNCC(=O)N2CCC(Cc3ccccc3)CC2)cc1. The second kappa shape index (κ2) is 10.7. The van der Waals surface area contributed by atoms with Crippen molar-refractivity contribution < 1.29 is 14.3 Å². The van der Waals surface area contributed by atoms with Crippen LogP contribution in [0.25, 0.3) is 0 Å². The molecule has 0 aromatic heterocycles. The van der Waals surface area contributed by atoms with Crippen LogP contribution < -0.4 is 14.8 Å². The van der Waals surface area contributed by atoms with Crippen molar-refractivity contribution in [2.75, 3.05) is 39.9 Å². The van der Waals surface area contributed by atoms with Crippen molar-refractivity contribution in [2.45, 2.75) is 19.3 Å². The number of carbonyl (C=O) groups excluding carboxylic acids is 1. The Morgan fingerprint density at radius 2 is 1.71 bits per heavy atom. The van der Waals surface area contributed by atoms with Crippen LogP contribution >= 0.6 is 0 Å². The maximum atomic E-state index is 12.4. The molecule has 1 aliphatic rings. The number of rotatable bonds is 9. The summed E-state index contributed by atoms with van der Waals surface area (Å²) in [5.74, 6) is 2.47. The van der Waals surface area contributed by atoms with Gasteiger partial charge in [-0.3, -0.25) is 4.79 Å². The number of methoxy groups -OCH3 is 1. The molecule has 0 bridgehead atoms. The first-order valence-electron chi connectivity index (χ1n) is 10.0. The van der Waals surface area contributed by atoms with Gasteiger partial charge in [0.2, 0.25) is 5.91 Å². The number of hydrogen-bond donors (Lipinski definition) is 1. The van der Waals surface area contributed by atoms with E-state index in [9.17, 15) is 4.79 Å². The normalized spacial score (nSPS) is 14.7. The predicted molar refractivity (Wildman–Crippen MR) is 111 cm³/mol. The van der Waals surface area contributed by atoms with E-state index in [0.717, 1.165) is 43.9 Å². The van der Waals surface area contributed by atoms with E-state index in [1.165, 1.54) is 5.56 Å². The minimum atomic E-state index is 0.183. The van der Waals surface area contributed by atoms with Crippen molar-refractivity contribution in [1.82, 2.24) is 10.2 Å². The summed E-state index contributed by atoms with van der Waals surface area (Å²) in [5.41, 5.74) is 1.39. The smallest absolute Gasteiger partial charge is 0.236 e. The number of likely N-dealkylation sites (tertiary alicyclic amines) is 1. The number of benzene rings is 2. The van der Waals surface area contributed by atoms with Gasteiger partial charge in [0.15, 0.2) is 0 Å². The third kappa shape index (κ3) is 6.27. The summed E-state index contributed by atoms with van der Waals surface area (Å²) in [5, 5.41) is 3.19. The van der Waals surface area contributed by atoms with Crippen LogP contribution in [-0.2, 0) is 11.2 Å². The molecule has 1 fully saturated rings. The Morgan fingerprint density at radius 3 is 2.39 bits per heavy atom. The van der Waals surface area contributed by atoms with Crippen LogP contribution in [0.4, 0.5) is 0 Å². The first-order valence-corrected chi connectivity index (χ1v) is 10.0. The van der Waals surface area contributed by atoms with Gasteiger partial charge in [-0.2, -0.15) is 0 Å². The van der Waals surface area contributed by atoms with Gasteiger partial charge in [0.25, 0.3) is 0 Å². The highest BCUT2D eigenvalue weighted by molar-refractivity contribution is 5.78. The van der Waals surface area contributed by atoms with E-state index < -0.39 is 0 Å². The average molecular weight is 383 g/mol. The lowest BCUT2D eigenvalue weighted by Gasteiger charge is -2.32. The standard InChI is InChI=1S/C23H30N2O3/c1-27-21-7-9-22(10-8-21)28-16-13-24-18-23(26)25-14-11-20(12-15-25)17-19-5-3-2-4-6-19/h2-10,20,24H,11-18H2,1H3. The Kier molecular flexibility index (Phi) is 7.73. The van der Waals surface area contributed by atoms with Gasteiger partial charge in [0.05, 0.1) is 13.7 Å². The van der Waals surface area contributed by atoms with Crippen LogP contribution in [0.1, 0.15) is 18.4 Å². The zero-order chi connectivity index (χ0) is 19.6. The number of nitrogens with zero attached hydrogens (tertiary/aromatic N) is 1. The number of carbonyl (C=O) groups is 1. The lowest BCUT2D eigenvalue weighted by atomic mass is 9.90. The Hall–Kier alpha value is -2.53. The Morgan fingerprint density at radius 1 is 1.04 bits per heavy atom. The first kappa shape index (κ1) is 20.2. The van der Waals surface area contributed by atoms with E-state index in [0.29, 0.717) is 25.6 Å². The minimum absolute atomic E-state index is 0.183. The van der Waals surface area contributed by atoms with E-state index in [1.807, 2.05) is 29.2 Å². The maximum absolute atomic E-state index is 12.4. The highest BCUT2D eigenvalue weighted by Gasteiger charge is 2.22. The molecule has 1 aliphatic heterocycles. The molecule has 150 valence electrons. The van der Waals surface area contributed by atoms with Gasteiger partial charge in [-0.15, -0.1) is 0 Å². The molecule has 0 aliphatic carbocycles. The van der Waals surface area contributed by atoms with Crippen molar-refractivity contribution in [2.24, 2.45) is 5.92 Å². The van der Waals surface area contributed by atoms with E-state index in [1.54, 1.807) is 7.11 Å². The first-order chi connectivity index (χ1) is 13.7. The average Bonchev–Trinajstić information content (AvgIpc) is 2.75. The maximum Gasteiger partial charge on any atom is 0.236 e. The number of ether oxygens (including phenoxy) is 2. The quantitative estimate of drug-likeness (QED) is 0.677. The van der Waals surface area contributed by atoms with Crippen LogP contribution in [0.15, 0.2) is 54.6 Å². The number of nitrogens with one attached hydrogen (secondary N) is 1. The number of hydrogen-bond acceptors (Lipinski definition) is 4. The van der Waals surface area contributed by atoms with Gasteiger partial charge < -0.3 is 19.7 Å². The van der Waals surface area contributed by atoms with Crippen molar-refractivity contribution in [3.8, 4) is 11.5 Å². The van der Waals surface area contributed by atoms with Gasteiger partial charge >= 0.3 is 0 Å². The summed E-state index contributed by atoms with van der Waals surface area (Å²) in [4.78, 5) is 14.4. The molecule has 5 heteroatoms. The summed E-state index contributed by atoms with van der Waals surface area (Å²) in [6.45, 7) is 3.26. The summed E-state index contributed by atoms with van der Waals surface area (Å²) in [7, 11) is 1.64. The summed E-state index contributed by atoms with van der Waals surface area (Å²) in [6.07, 6.45) is 3.28. The molecule has 1 saturated heterocycles. The highest BCUT2D eigenvalue weighted by atomic mass is 16.5. The molecular weight excluding hydrogens is 352 g/mol. The van der Waals surface area contributed by atoms with Crippen LogP contribution in [0, 0.1) is 5.92 Å². The molecule has 28 heavy (non-hydrogen) atoms. The van der Waals surface area contributed by atoms with Gasteiger partial charge in [0, 0.05) is 19.6 Å². The van der Waals surface area contributed by atoms with Crippen molar-refractivity contribution in [3.63, 3.8) is 0 Å². The van der Waals surface area contributed by atoms with Crippen LogP contribution in [0.3, 0.4) is 0 Å². The molecule has 2 aromatic rings. The third-order valence-corrected chi connectivity index (χ3v) is 5.22. The molecule has 1 N–H and O–H groups in total. The highest BCUT2D eigenvalue weighted by Crippen LogP contribution is 2.21. The van der Waals surface area contributed by atoms with Crippen LogP contribution in [0.5, 0.6) is 11.5 Å². The second-order valence-electron chi connectivity index (χ2n) is 7.21. The minimum Gasteiger partial charge on any atom is -0.497 e. The zero-order valence-electron chi connectivity index (χ0n) is 16.6. The fraction of sp³-hybridized carbons (Fsp3) is 0.435. The Bertz CT molecular complexity index is 710. The van der Waals surface area contributed by atoms with Gasteiger partial charge in [0.1, 0.15) is 18.1 Å². The Labute approximate surface area is 167 Å². The van der Waals surface area contributed by atoms with Crippen molar-refractivity contribution in [3.05, 3.63) is 60.2 Å². The molecule has 5 nitrogen and oxygen atoms in total. The zero-order valence-corrected chi connectivity index (χ0v) is 16.6. The summed E-state index contributed by atoms with van der Waals surface area (Å²) >= 11 is 0. The molecule has 1 heterocycles. The molecule has 0 saturated carbocycles. The molecule has 0 spiro atoms. The van der Waals surface area contributed by atoms with E-state index in [-0.39, 0.29) is 5.91 Å². The second-order valence-corrected chi connectivity index (χ2v) is 7.21. The molecule has 0 radical (unpaired) electrons. The molecule has 0 unspecified atom stereocenters. The lowest BCUT2D eigenvalue weighted by molar-refractivity contribution is -0.131. The summed E-state index contributed by atoms with van der Waals surface area (Å²) < 4.78 is 10.8. The largest absolute Gasteiger partial charge is 0.497 e. The monoisotopic (exact) mass is 382 g/mol. The van der Waals surface area contributed by atoms with E-state index >= 15 is 0 Å². The van der Waals surface area contributed by atoms with Crippen LogP contribution in [-0.4, -0.2) is 50.7 Å². The predicted octanol–water partition coefficient (Wildman–Crippen LogP) is 3.14. The van der Waals surface area contributed by atoms with Crippen molar-refractivity contribution in [1.29, 1.82) is 0 Å². The summed E-state index contributed by atoms with van der Waals surface area (Å²) in [6, 6.07) is 18.1. The van der Waals surface area contributed by atoms with E-state index in [2.05, 4.69) is 35.6 Å². The third-order valence-electron chi connectivity index (χ3n) is 5.22. The fourth-order valence-electron chi connectivity index (χ4n) is 3.55. The van der Waals surface area contributed by atoms with E-state index in [4.69, 9.17) is 9.47 Å². The van der Waals surface area contributed by atoms with Gasteiger partial charge in [-0.25, -0.2) is 0 Å². The lowest BCUT2D eigenvalue weighted by Crippen LogP contribution is -2.43. The molecule has 2 aromatic carbocycles. The topological polar surface area (TPSA) is 50.8 Å². The molecule has 0 atom stereocenters. The molecule has 3 rings (SSSR count). The van der Waals surface area contributed by atoms with Crippen LogP contribution in [0.2, 0.25) is 0 Å². The molecule has 1 amide bonds. The van der Waals surface area contributed by atoms with Crippen molar-refractivity contribution >= 4 is 5.91 Å². The number of piperidine rings is 1. The Balaban J connectivity index is 1.28. The fourth-order valence-corrected chi connectivity index (χ4v) is 3.55.